The second-order valence-corrected chi connectivity index (χ2v) is 17.5. The first kappa shape index (κ1) is 53.4. The molecular weight excluding hydrogens is 1010 g/mol. The average molecular weight is 1060 g/mol. The molecule has 0 bridgehead atoms. The molecule has 0 aliphatic carbocycles. The third-order valence-corrected chi connectivity index (χ3v) is 11.7. The number of rotatable bonds is 11. The molecule has 2 aliphatic heterocycles. The summed E-state index contributed by atoms with van der Waals surface area (Å²) in [6, 6.07) is 23.4. The summed E-state index contributed by atoms with van der Waals surface area (Å²) in [7, 11) is 4.25. The molecule has 10 rings (SSSR count). The number of ether oxygens (including phenoxy) is 2. The van der Waals surface area contributed by atoms with Crippen LogP contribution >= 0.6 is 11.6 Å². The Balaban J connectivity index is 0.000000178. The van der Waals surface area contributed by atoms with Crippen molar-refractivity contribution in [1.29, 1.82) is 0 Å². The van der Waals surface area contributed by atoms with Crippen molar-refractivity contribution < 1.29 is 44.9 Å². The maximum Gasteiger partial charge on any atom is 0.573 e. The molecule has 75 heavy (non-hydrogen) atoms. The largest absolute Gasteiger partial charge is 0.573 e. The fourth-order valence-corrected chi connectivity index (χ4v) is 7.77. The Bertz CT molecular complexity index is 3260. The van der Waals surface area contributed by atoms with Crippen molar-refractivity contribution in [2.24, 2.45) is 0 Å². The van der Waals surface area contributed by atoms with Crippen molar-refractivity contribution in [3.05, 3.63) is 159 Å². The number of aromatic nitrogens is 8. The number of piperazine rings is 2. The topological polar surface area (TPSA) is 188 Å². The summed E-state index contributed by atoms with van der Waals surface area (Å²) in [6.07, 6.45) is -3.06. The van der Waals surface area contributed by atoms with E-state index in [1.54, 1.807) is 47.6 Å². The second-order valence-electron chi connectivity index (χ2n) is 17.1. The predicted octanol–water partition coefficient (Wildman–Crippen LogP) is 7.74. The summed E-state index contributed by atoms with van der Waals surface area (Å²) < 4.78 is 95.3. The van der Waals surface area contributed by atoms with E-state index >= 15 is 0 Å². The zero-order valence-electron chi connectivity index (χ0n) is 40.1. The van der Waals surface area contributed by atoms with Crippen LogP contribution in [0.1, 0.15) is 11.1 Å². The van der Waals surface area contributed by atoms with Crippen molar-refractivity contribution in [3.8, 4) is 57.2 Å². The molecule has 2 aliphatic rings. The molecule has 0 atom stereocenters. The number of hydrogen-bond donors (Lipinski definition) is 1. The van der Waals surface area contributed by atoms with E-state index in [2.05, 4.69) is 73.8 Å². The van der Waals surface area contributed by atoms with Gasteiger partial charge in [-0.15, -0.1) is 26.3 Å². The van der Waals surface area contributed by atoms with Crippen molar-refractivity contribution in [3.63, 3.8) is 0 Å². The van der Waals surface area contributed by atoms with Gasteiger partial charge in [0.15, 0.2) is 0 Å². The van der Waals surface area contributed by atoms with Gasteiger partial charge in [0.05, 0.1) is 24.2 Å². The van der Waals surface area contributed by atoms with E-state index in [9.17, 15) is 35.9 Å². The molecule has 18 nitrogen and oxygen atoms in total. The number of benzene rings is 2. The van der Waals surface area contributed by atoms with E-state index in [0.717, 1.165) is 68.3 Å². The molecule has 0 saturated carbocycles. The van der Waals surface area contributed by atoms with Crippen LogP contribution in [0.2, 0.25) is 5.15 Å². The van der Waals surface area contributed by atoms with Gasteiger partial charge in [0, 0.05) is 100 Å². The Morgan fingerprint density at radius 1 is 0.573 bits per heavy atom. The molecule has 0 spiro atoms. The van der Waals surface area contributed by atoms with E-state index in [-0.39, 0.29) is 52.6 Å². The van der Waals surface area contributed by atoms with Crippen LogP contribution in [0, 0.1) is 0 Å². The maximum atomic E-state index is 12.6. The van der Waals surface area contributed by atoms with Crippen molar-refractivity contribution in [2.45, 2.75) is 25.8 Å². The maximum absolute atomic E-state index is 12.6. The molecular formula is C50H47ClF6N12O6. The fraction of sp³-hybridized carbons (Fsp3) is 0.280. The lowest BCUT2D eigenvalue weighted by molar-refractivity contribution is -0.275. The lowest BCUT2D eigenvalue weighted by Gasteiger charge is -2.33. The van der Waals surface area contributed by atoms with Crippen LogP contribution in [0.15, 0.2) is 140 Å². The standard InChI is InChI=1S/C25H23F3N6O3.C20H12ClF3N4O3.C5H12N2/c1-32-10-12-33(13-11-32)21-14-17(8-9-29-21)15-34-16-19(4-7-22(34)35)24-30-23(31-37-24)18-2-5-20(6-3-18)36-25(26,27)28;21-16-9-12(7-8-25-16)10-28-11-14(3-6-17(28)29)19-26-18(27-31-19)13-1-4-15(5-2-13)30-20(22,23)24;1-7-4-2-6-3-5-7/h2-9,14,16H,10-13,15H2,1H3;1-9,11H,10H2;6H,2-5H2,1H3. The highest BCUT2D eigenvalue weighted by Gasteiger charge is 2.32. The van der Waals surface area contributed by atoms with Crippen molar-refractivity contribution in [2.75, 3.05) is 71.4 Å². The second kappa shape index (κ2) is 24.0. The Morgan fingerprint density at radius 2 is 1.01 bits per heavy atom. The van der Waals surface area contributed by atoms with Crippen molar-refractivity contribution in [1.82, 2.24) is 54.5 Å². The van der Waals surface area contributed by atoms with Gasteiger partial charge in [-0.2, -0.15) is 9.97 Å². The lowest BCUT2D eigenvalue weighted by Crippen LogP contribution is -2.44. The monoisotopic (exact) mass is 1060 g/mol. The van der Waals surface area contributed by atoms with Gasteiger partial charge in [-0.05, 0) is 110 Å². The van der Waals surface area contributed by atoms with E-state index in [1.807, 2.05) is 12.1 Å². The molecule has 1 N–H and O–H groups in total. The van der Waals surface area contributed by atoms with Crippen LogP contribution in [-0.4, -0.2) is 128 Å². The Morgan fingerprint density at radius 3 is 1.45 bits per heavy atom. The molecule has 0 amide bonds. The summed E-state index contributed by atoms with van der Waals surface area (Å²) in [5.41, 5.74) is 3.19. The van der Waals surface area contributed by atoms with Crippen LogP contribution in [0.5, 0.6) is 11.5 Å². The smallest absolute Gasteiger partial charge is 0.406 e. The summed E-state index contributed by atoms with van der Waals surface area (Å²) in [5.74, 6) is 0.856. The minimum absolute atomic E-state index is 0.145. The van der Waals surface area contributed by atoms with Crippen LogP contribution in [0.4, 0.5) is 32.2 Å². The number of likely N-dealkylation sites (N-methyl/N-ethyl adjacent to an activating group) is 2. The number of alkyl halides is 6. The fourth-order valence-electron chi connectivity index (χ4n) is 7.57. The number of anilines is 1. The quantitative estimate of drug-likeness (QED) is 0.0978. The van der Waals surface area contributed by atoms with Gasteiger partial charge in [-0.25, -0.2) is 9.97 Å². The van der Waals surface area contributed by atoms with Crippen LogP contribution in [0.25, 0.3) is 45.7 Å². The summed E-state index contributed by atoms with van der Waals surface area (Å²) >= 11 is 5.89. The molecule has 25 heteroatoms. The third kappa shape index (κ3) is 15.5. The summed E-state index contributed by atoms with van der Waals surface area (Å²) in [5, 5.41) is 11.4. The Labute approximate surface area is 428 Å². The highest BCUT2D eigenvalue weighted by Crippen LogP contribution is 2.29. The lowest BCUT2D eigenvalue weighted by atomic mass is 10.2. The molecule has 0 unspecified atom stereocenters. The highest BCUT2D eigenvalue weighted by molar-refractivity contribution is 6.29. The molecule has 8 heterocycles. The first-order valence-electron chi connectivity index (χ1n) is 23.1. The van der Waals surface area contributed by atoms with E-state index in [4.69, 9.17) is 20.6 Å². The predicted molar refractivity (Wildman–Crippen MR) is 264 cm³/mol. The zero-order chi connectivity index (χ0) is 53.1. The van der Waals surface area contributed by atoms with Crippen LogP contribution in [-0.2, 0) is 13.1 Å². The van der Waals surface area contributed by atoms with Gasteiger partial charge in [-0.1, -0.05) is 21.9 Å². The van der Waals surface area contributed by atoms with Crippen molar-refractivity contribution >= 4 is 17.4 Å². The molecule has 0 radical (unpaired) electrons. The van der Waals surface area contributed by atoms with E-state index < -0.39 is 12.7 Å². The van der Waals surface area contributed by atoms with Gasteiger partial charge < -0.3 is 47.7 Å². The van der Waals surface area contributed by atoms with Gasteiger partial charge in [0.2, 0.25) is 11.6 Å². The SMILES string of the molecule is CN1CCN(c2cc(Cn3cc(-c4nc(-c5ccc(OC(F)(F)F)cc5)no4)ccc3=O)ccn2)CC1.CN1CCNCC1.O=c1ccc(-c2nc(-c3ccc(OC(F)(F)F)cc3)no2)cn1Cc1ccnc(Cl)c1. The number of pyridine rings is 4. The van der Waals surface area contributed by atoms with Gasteiger partial charge in [-0.3, -0.25) is 9.59 Å². The van der Waals surface area contributed by atoms with Gasteiger partial charge >= 0.3 is 12.7 Å². The molecule has 2 aromatic carbocycles. The number of nitrogens with one attached hydrogen (secondary N) is 1. The van der Waals surface area contributed by atoms with Gasteiger partial charge in [0.1, 0.15) is 22.5 Å². The Kier molecular flexibility index (Phi) is 17.0. The minimum atomic E-state index is -4.77. The first-order chi connectivity index (χ1) is 35.9. The molecule has 2 fully saturated rings. The third-order valence-electron chi connectivity index (χ3n) is 11.5. The summed E-state index contributed by atoms with van der Waals surface area (Å²) in [4.78, 5) is 48.6. The average Bonchev–Trinajstić information content (AvgIpc) is 4.08. The highest BCUT2D eigenvalue weighted by atomic mass is 35.5. The first-order valence-corrected chi connectivity index (χ1v) is 23.5. The summed E-state index contributed by atoms with van der Waals surface area (Å²) in [6.45, 7) is 9.04. The molecule has 2 saturated heterocycles. The molecule has 6 aromatic heterocycles. The number of hydrogen-bond acceptors (Lipinski definition) is 16. The van der Waals surface area contributed by atoms with E-state index in [1.165, 1.54) is 72.3 Å². The Hall–Kier alpha value is -7.93. The molecule has 392 valence electrons. The number of nitrogens with zero attached hydrogens (tertiary/aromatic N) is 11. The normalized spacial score (nSPS) is 14.3. The molecule has 8 aromatic rings. The minimum Gasteiger partial charge on any atom is -0.406 e. The van der Waals surface area contributed by atoms with Crippen LogP contribution in [0.3, 0.4) is 0 Å². The zero-order valence-corrected chi connectivity index (χ0v) is 40.9. The van der Waals surface area contributed by atoms with E-state index in [0.29, 0.717) is 34.0 Å². The van der Waals surface area contributed by atoms with Crippen LogP contribution < -0.4 is 30.8 Å². The van der Waals surface area contributed by atoms with Gasteiger partial charge in [0.25, 0.3) is 22.9 Å². The number of halogens is 7.